The summed E-state index contributed by atoms with van der Waals surface area (Å²) in [6.07, 6.45) is 4.93. The maximum Gasteiger partial charge on any atom is 0.251 e. The first-order chi connectivity index (χ1) is 9.60. The normalized spacial score (nSPS) is 22.6. The number of halogens is 1. The van der Waals surface area contributed by atoms with Crippen LogP contribution in [0.25, 0.3) is 0 Å². The van der Waals surface area contributed by atoms with Gasteiger partial charge in [0.05, 0.1) is 0 Å². The van der Waals surface area contributed by atoms with Gasteiger partial charge >= 0.3 is 0 Å². The van der Waals surface area contributed by atoms with Crippen LogP contribution in [0.3, 0.4) is 0 Å². The van der Waals surface area contributed by atoms with Crippen molar-refractivity contribution in [1.82, 2.24) is 5.32 Å². The third-order valence-corrected chi connectivity index (χ3v) is 4.67. The van der Waals surface area contributed by atoms with E-state index in [0.717, 1.165) is 23.2 Å². The zero-order valence-corrected chi connectivity index (χ0v) is 13.2. The molecule has 0 aliphatic heterocycles. The molecule has 20 heavy (non-hydrogen) atoms. The van der Waals surface area contributed by atoms with Gasteiger partial charge in [-0.15, -0.1) is 11.6 Å². The number of benzene rings is 1. The van der Waals surface area contributed by atoms with Gasteiger partial charge in [0.25, 0.3) is 5.91 Å². The molecule has 1 aromatic carbocycles. The molecule has 3 heteroatoms. The lowest BCUT2D eigenvalue weighted by molar-refractivity contribution is 0.0936. The Morgan fingerprint density at radius 3 is 2.35 bits per heavy atom. The van der Waals surface area contributed by atoms with E-state index in [-0.39, 0.29) is 5.91 Å². The highest BCUT2D eigenvalue weighted by atomic mass is 35.5. The van der Waals surface area contributed by atoms with Crippen molar-refractivity contribution < 1.29 is 4.79 Å². The fourth-order valence-corrected chi connectivity index (χ4v) is 3.59. The average molecular weight is 294 g/mol. The van der Waals surface area contributed by atoms with E-state index < -0.39 is 0 Å². The number of alkyl halides is 1. The van der Waals surface area contributed by atoms with Crippen LogP contribution in [-0.4, -0.2) is 18.3 Å². The molecule has 1 fully saturated rings. The molecule has 1 N–H and O–H groups in total. The summed E-state index contributed by atoms with van der Waals surface area (Å²) >= 11 is 6.04. The minimum absolute atomic E-state index is 0.0377. The van der Waals surface area contributed by atoms with Gasteiger partial charge in [0.1, 0.15) is 0 Å². The van der Waals surface area contributed by atoms with E-state index in [1.165, 1.54) is 25.7 Å². The second kappa shape index (κ2) is 7.12. The van der Waals surface area contributed by atoms with Crippen LogP contribution >= 0.6 is 11.6 Å². The van der Waals surface area contributed by atoms with Crippen LogP contribution in [-0.2, 0) is 0 Å². The largest absolute Gasteiger partial charge is 0.352 e. The first-order valence-corrected chi connectivity index (χ1v) is 8.06. The van der Waals surface area contributed by atoms with E-state index in [1.807, 2.05) is 26.0 Å². The van der Waals surface area contributed by atoms with Crippen LogP contribution in [0, 0.1) is 25.7 Å². The van der Waals surface area contributed by atoms with Crippen LogP contribution < -0.4 is 5.32 Å². The monoisotopic (exact) mass is 293 g/mol. The van der Waals surface area contributed by atoms with Gasteiger partial charge in [-0.2, -0.15) is 0 Å². The van der Waals surface area contributed by atoms with Crippen LogP contribution in [0.2, 0.25) is 0 Å². The molecule has 110 valence electrons. The molecule has 0 radical (unpaired) electrons. The van der Waals surface area contributed by atoms with Gasteiger partial charge < -0.3 is 5.32 Å². The summed E-state index contributed by atoms with van der Waals surface area (Å²) in [5.41, 5.74) is 3.03. The molecule has 0 bridgehead atoms. The summed E-state index contributed by atoms with van der Waals surface area (Å²) in [6, 6.07) is 5.98. The van der Waals surface area contributed by atoms with Crippen molar-refractivity contribution in [2.75, 3.05) is 12.4 Å². The van der Waals surface area contributed by atoms with E-state index >= 15 is 0 Å². The van der Waals surface area contributed by atoms with Crippen molar-refractivity contribution in [2.45, 2.75) is 39.5 Å². The van der Waals surface area contributed by atoms with Crippen LogP contribution in [0.4, 0.5) is 0 Å². The minimum atomic E-state index is 0.0377. The van der Waals surface area contributed by atoms with Crippen LogP contribution in [0.15, 0.2) is 18.2 Å². The van der Waals surface area contributed by atoms with Gasteiger partial charge in [-0.3, -0.25) is 4.79 Å². The first-order valence-electron chi connectivity index (χ1n) is 7.52. The number of hydrogen-bond donors (Lipinski definition) is 1. The summed E-state index contributed by atoms with van der Waals surface area (Å²) in [4.78, 5) is 12.2. The topological polar surface area (TPSA) is 29.1 Å². The second-order valence-corrected chi connectivity index (χ2v) is 6.35. The standard InChI is InChI=1S/C17H24ClNO/c1-12-7-13(2)9-16(8-12)17(20)19-11-15-6-4-3-5-14(15)10-18/h7-9,14-15H,3-6,10-11H2,1-2H3,(H,19,20). The molecule has 0 spiro atoms. The minimum Gasteiger partial charge on any atom is -0.352 e. The van der Waals surface area contributed by atoms with Gasteiger partial charge in [0, 0.05) is 18.0 Å². The van der Waals surface area contributed by atoms with Gasteiger partial charge in [0.15, 0.2) is 0 Å². The number of carbonyl (C=O) groups is 1. The van der Waals surface area contributed by atoms with Gasteiger partial charge in [-0.05, 0) is 50.7 Å². The van der Waals surface area contributed by atoms with E-state index in [0.29, 0.717) is 17.7 Å². The number of rotatable bonds is 4. The lowest BCUT2D eigenvalue weighted by Crippen LogP contribution is -2.34. The summed E-state index contributed by atoms with van der Waals surface area (Å²) < 4.78 is 0. The molecule has 2 atom stereocenters. The van der Waals surface area contributed by atoms with Crippen molar-refractivity contribution in [3.05, 3.63) is 34.9 Å². The molecular formula is C17H24ClNO. The number of hydrogen-bond acceptors (Lipinski definition) is 1. The summed E-state index contributed by atoms with van der Waals surface area (Å²) in [6.45, 7) is 4.80. The molecule has 2 rings (SSSR count). The average Bonchev–Trinajstić information content (AvgIpc) is 2.44. The third-order valence-electron chi connectivity index (χ3n) is 4.27. The van der Waals surface area contributed by atoms with E-state index in [4.69, 9.17) is 11.6 Å². The van der Waals surface area contributed by atoms with Crippen molar-refractivity contribution in [3.8, 4) is 0 Å². The summed E-state index contributed by atoms with van der Waals surface area (Å²) in [5, 5.41) is 3.09. The van der Waals surface area contributed by atoms with Crippen LogP contribution in [0.5, 0.6) is 0 Å². The summed E-state index contributed by atoms with van der Waals surface area (Å²) in [5.74, 6) is 1.85. The zero-order chi connectivity index (χ0) is 14.5. The van der Waals surface area contributed by atoms with E-state index in [2.05, 4.69) is 11.4 Å². The molecular weight excluding hydrogens is 270 g/mol. The fourth-order valence-electron chi connectivity index (χ4n) is 3.19. The molecule has 0 saturated heterocycles. The highest BCUT2D eigenvalue weighted by molar-refractivity contribution is 6.18. The van der Waals surface area contributed by atoms with E-state index in [1.54, 1.807) is 0 Å². The molecule has 1 aromatic rings. The molecule has 2 unspecified atom stereocenters. The SMILES string of the molecule is Cc1cc(C)cc(C(=O)NCC2CCCCC2CCl)c1. The fraction of sp³-hybridized carbons (Fsp3) is 0.588. The maximum atomic E-state index is 12.2. The highest BCUT2D eigenvalue weighted by Gasteiger charge is 2.24. The second-order valence-electron chi connectivity index (χ2n) is 6.05. The van der Waals surface area contributed by atoms with Crippen molar-refractivity contribution >= 4 is 17.5 Å². The third kappa shape index (κ3) is 3.99. The summed E-state index contributed by atoms with van der Waals surface area (Å²) in [7, 11) is 0. The Bertz CT molecular complexity index is 452. The van der Waals surface area contributed by atoms with Crippen molar-refractivity contribution in [1.29, 1.82) is 0 Å². The van der Waals surface area contributed by atoms with Gasteiger partial charge in [0.2, 0.25) is 0 Å². The Kier molecular flexibility index (Phi) is 5.47. The Morgan fingerprint density at radius 1 is 1.15 bits per heavy atom. The zero-order valence-electron chi connectivity index (χ0n) is 12.4. The predicted octanol–water partition coefficient (Wildman–Crippen LogP) is 4.08. The Labute approximate surface area is 126 Å². The maximum absolute atomic E-state index is 12.2. The Morgan fingerprint density at radius 2 is 1.75 bits per heavy atom. The molecule has 1 aliphatic rings. The van der Waals surface area contributed by atoms with Gasteiger partial charge in [-0.1, -0.05) is 30.0 Å². The number of nitrogens with one attached hydrogen (secondary N) is 1. The van der Waals surface area contributed by atoms with Gasteiger partial charge in [-0.25, -0.2) is 0 Å². The lowest BCUT2D eigenvalue weighted by Gasteiger charge is -2.30. The number of carbonyl (C=O) groups excluding carboxylic acids is 1. The predicted molar refractivity (Wildman–Crippen MR) is 84.4 cm³/mol. The quantitative estimate of drug-likeness (QED) is 0.833. The van der Waals surface area contributed by atoms with Crippen molar-refractivity contribution in [3.63, 3.8) is 0 Å². The number of aryl methyl sites for hydroxylation is 2. The number of amides is 1. The first kappa shape index (κ1) is 15.4. The van der Waals surface area contributed by atoms with E-state index in [9.17, 15) is 4.79 Å². The Balaban J connectivity index is 1.94. The lowest BCUT2D eigenvalue weighted by atomic mass is 9.80. The molecule has 1 saturated carbocycles. The van der Waals surface area contributed by atoms with Crippen molar-refractivity contribution in [2.24, 2.45) is 11.8 Å². The van der Waals surface area contributed by atoms with Crippen LogP contribution in [0.1, 0.15) is 47.2 Å². The molecule has 1 aliphatic carbocycles. The smallest absolute Gasteiger partial charge is 0.251 e. The Hall–Kier alpha value is -1.02. The molecule has 2 nitrogen and oxygen atoms in total. The molecule has 0 aromatic heterocycles. The highest BCUT2D eigenvalue weighted by Crippen LogP contribution is 2.30. The molecule has 0 heterocycles. The molecule has 1 amide bonds.